The smallest absolute Gasteiger partial charge is 0.275 e. The molecule has 2 heterocycles. The van der Waals surface area contributed by atoms with Crippen molar-refractivity contribution in [1.29, 1.82) is 0 Å². The molecule has 10 nitrogen and oxygen atoms in total. The van der Waals surface area contributed by atoms with Gasteiger partial charge in [-0.1, -0.05) is 18.2 Å². The monoisotopic (exact) mass is 480 g/mol. The highest BCUT2D eigenvalue weighted by Crippen LogP contribution is 2.33. The fraction of sp³-hybridized carbons (Fsp3) is 0.360. The van der Waals surface area contributed by atoms with E-state index in [1.807, 2.05) is 42.6 Å². The first kappa shape index (κ1) is 20.6. The predicted octanol–water partition coefficient (Wildman–Crippen LogP) is 3.42. The van der Waals surface area contributed by atoms with Crippen LogP contribution in [0, 0.1) is 0 Å². The van der Waals surface area contributed by atoms with Crippen LogP contribution >= 0.6 is 0 Å². The fourth-order valence-electron chi connectivity index (χ4n) is 4.01. The number of likely N-dealkylation sites (N-methyl/N-ethyl adjacent to an activating group) is 1. The maximum atomic E-state index is 12.8. The van der Waals surface area contributed by atoms with Gasteiger partial charge in [-0.15, -0.1) is 10.2 Å². The van der Waals surface area contributed by atoms with Crippen LogP contribution in [0.5, 0.6) is 5.75 Å². The van der Waals surface area contributed by atoms with Gasteiger partial charge in [-0.2, -0.15) is 4.98 Å². The summed E-state index contributed by atoms with van der Waals surface area (Å²) in [6, 6.07) is 11.3. The van der Waals surface area contributed by atoms with Crippen LogP contribution in [0.25, 0.3) is 0 Å². The van der Waals surface area contributed by atoms with Gasteiger partial charge in [0.15, 0.2) is 11.5 Å². The van der Waals surface area contributed by atoms with Crippen molar-refractivity contribution in [3.63, 3.8) is 0 Å². The lowest BCUT2D eigenvalue weighted by Gasteiger charge is -2.26. The third-order valence-corrected chi connectivity index (χ3v) is 5.99. The molecule has 0 saturated carbocycles. The highest BCUT2D eigenvalue weighted by molar-refractivity contribution is 5.97. The number of carbonyl (C=O) groups is 1. The second-order valence-electron chi connectivity index (χ2n) is 8.31. The number of rotatable bonds is 8. The van der Waals surface area contributed by atoms with E-state index in [1.165, 1.54) is 5.56 Å². The summed E-state index contributed by atoms with van der Waals surface area (Å²) >= 11 is 0. The number of aromatic nitrogens is 3. The first-order valence-electron chi connectivity index (χ1n) is 12.7. The summed E-state index contributed by atoms with van der Waals surface area (Å²) in [4.78, 5) is 19.5. The maximum absolute atomic E-state index is 12.8. The number of hydrogen-bond acceptors (Lipinski definition) is 9. The van der Waals surface area contributed by atoms with E-state index >= 15 is 0 Å². The second-order valence-corrected chi connectivity index (χ2v) is 8.31. The van der Waals surface area contributed by atoms with E-state index in [1.54, 1.807) is 20.3 Å². The van der Waals surface area contributed by atoms with Crippen molar-refractivity contribution in [2.45, 2.75) is 26.0 Å². The molecule has 0 spiro atoms. The molecular weight excluding hydrogens is 446 g/mol. The maximum Gasteiger partial charge on any atom is 0.275 e. The van der Waals surface area contributed by atoms with Crippen LogP contribution in [0.15, 0.2) is 36.4 Å². The van der Waals surface area contributed by atoms with Crippen molar-refractivity contribution in [2.75, 3.05) is 45.4 Å². The van der Waals surface area contributed by atoms with Gasteiger partial charge in [0, 0.05) is 42.5 Å². The molecule has 0 fully saturated rings. The summed E-state index contributed by atoms with van der Waals surface area (Å²) < 4.78 is 33.3. The van der Waals surface area contributed by atoms with Crippen LogP contribution in [-0.4, -0.2) is 60.8 Å². The minimum absolute atomic E-state index is 0.0247. The number of hydrogen-bond donors (Lipinski definition) is 3. The number of nitrogens with zero attached hydrogens (tertiary/aromatic N) is 4. The largest absolute Gasteiger partial charge is 0.495 e. The van der Waals surface area contributed by atoms with Crippen LogP contribution < -0.4 is 20.7 Å². The highest BCUT2D eigenvalue weighted by atomic mass is 16.5. The van der Waals surface area contributed by atoms with Gasteiger partial charge in [0.1, 0.15) is 5.75 Å². The van der Waals surface area contributed by atoms with Gasteiger partial charge in [0.25, 0.3) is 5.91 Å². The second kappa shape index (κ2) is 10.7. The van der Waals surface area contributed by atoms with Gasteiger partial charge in [-0.05, 0) is 49.7 Å². The van der Waals surface area contributed by atoms with E-state index in [9.17, 15) is 4.79 Å². The Morgan fingerprint density at radius 1 is 1.14 bits per heavy atom. The zero-order chi connectivity index (χ0) is 27.4. The van der Waals surface area contributed by atoms with Gasteiger partial charge < -0.3 is 30.3 Å². The lowest BCUT2D eigenvalue weighted by atomic mass is 9.99. The molecule has 3 N–H and O–H groups in total. The molecule has 0 bridgehead atoms. The van der Waals surface area contributed by atoms with E-state index in [0.717, 1.165) is 30.6 Å². The fourth-order valence-corrected chi connectivity index (χ4v) is 4.01. The van der Waals surface area contributed by atoms with Crippen molar-refractivity contribution in [3.8, 4) is 5.75 Å². The molecular formula is C25H31N7O3. The molecule has 0 radical (unpaired) electrons. The molecule has 0 aliphatic carbocycles. The zero-order valence-electron chi connectivity index (χ0n) is 23.2. The topological polar surface area (TPSA) is 114 Å². The van der Waals surface area contributed by atoms with Crippen LogP contribution in [-0.2, 0) is 17.7 Å². The molecule has 0 unspecified atom stereocenters. The average Bonchev–Trinajstić information content (AvgIpc) is 2.87. The van der Waals surface area contributed by atoms with E-state index in [4.69, 9.17) is 13.6 Å². The van der Waals surface area contributed by atoms with Crippen LogP contribution in [0.1, 0.15) is 44.3 Å². The third-order valence-electron chi connectivity index (χ3n) is 5.99. The minimum Gasteiger partial charge on any atom is -0.495 e. The number of ether oxygens (including phenoxy) is 2. The normalized spacial score (nSPS) is 15.7. The number of fused-ring (bicyclic) bond motifs is 1. The van der Waals surface area contributed by atoms with Crippen molar-refractivity contribution in [1.82, 2.24) is 25.4 Å². The average molecular weight is 481 g/mol. The number of carbonyl (C=O) groups excluding carboxylic acids is 1. The quantitative estimate of drug-likeness (QED) is 0.446. The zero-order valence-corrected chi connectivity index (χ0v) is 20.2. The molecule has 1 aromatic heterocycles. The Morgan fingerprint density at radius 3 is 2.74 bits per heavy atom. The van der Waals surface area contributed by atoms with Crippen LogP contribution in [0.2, 0.25) is 0 Å². The molecule has 184 valence electrons. The standard InChI is InChI=1S/C25H31N7O3/c1-15(34-4)18-8-6-7-9-19(18)27-23-22(24(33)26-2)30-31-25(29-23)28-20-12-17-14-32(3)11-10-16(17)13-21(20)35-5/h6-9,12-13,15H,10-11,14H2,1-5H3,(H,26,33)(H2,27,28,29,31)/t15-/m0/s1/i2D3. The van der Waals surface area contributed by atoms with E-state index in [2.05, 4.69) is 37.8 Å². The Balaban J connectivity index is 1.73. The predicted molar refractivity (Wildman–Crippen MR) is 135 cm³/mol. The van der Waals surface area contributed by atoms with Crippen LogP contribution in [0.4, 0.5) is 23.1 Å². The summed E-state index contributed by atoms with van der Waals surface area (Å²) in [6.45, 7) is 0.934. The molecule has 1 amide bonds. The third kappa shape index (κ3) is 5.33. The molecule has 35 heavy (non-hydrogen) atoms. The van der Waals surface area contributed by atoms with E-state index in [0.29, 0.717) is 17.1 Å². The number of para-hydroxylation sites is 1. The Labute approximate surface area is 209 Å². The van der Waals surface area contributed by atoms with Gasteiger partial charge in [-0.25, -0.2) is 0 Å². The Morgan fingerprint density at radius 2 is 1.97 bits per heavy atom. The summed E-state index contributed by atoms with van der Waals surface area (Å²) in [6.07, 6.45) is 0.657. The van der Waals surface area contributed by atoms with Crippen LogP contribution in [0.3, 0.4) is 0 Å². The molecule has 2 aromatic carbocycles. The number of anilines is 4. The van der Waals surface area contributed by atoms with Crippen molar-refractivity contribution in [2.24, 2.45) is 0 Å². The van der Waals surface area contributed by atoms with Gasteiger partial charge >= 0.3 is 0 Å². The Bertz CT molecular complexity index is 1320. The summed E-state index contributed by atoms with van der Waals surface area (Å²) in [5, 5.41) is 16.3. The lowest BCUT2D eigenvalue weighted by Crippen LogP contribution is -2.26. The van der Waals surface area contributed by atoms with E-state index < -0.39 is 12.9 Å². The number of amides is 1. The first-order valence-corrected chi connectivity index (χ1v) is 11.2. The van der Waals surface area contributed by atoms with Gasteiger partial charge in [0.2, 0.25) is 5.95 Å². The molecule has 1 atom stereocenters. The summed E-state index contributed by atoms with van der Waals surface area (Å²) in [7, 11) is 5.25. The van der Waals surface area contributed by atoms with Crippen molar-refractivity contribution < 1.29 is 18.4 Å². The Hall–Kier alpha value is -3.76. The number of nitrogens with one attached hydrogen (secondary N) is 3. The van der Waals surface area contributed by atoms with E-state index in [-0.39, 0.29) is 23.6 Å². The molecule has 1 aliphatic heterocycles. The minimum atomic E-state index is -2.71. The number of benzene rings is 2. The first-order chi connectivity index (χ1) is 18.1. The SMILES string of the molecule is [2H]C([2H])([2H])NC(=O)c1nnc(Nc2cc3c(cc2OC)CCN(C)C3)nc1Nc1ccccc1[C@H](C)OC. The summed E-state index contributed by atoms with van der Waals surface area (Å²) in [5.74, 6) is -0.199. The molecule has 10 heteroatoms. The highest BCUT2D eigenvalue weighted by Gasteiger charge is 2.21. The number of methoxy groups -OCH3 is 2. The summed E-state index contributed by atoms with van der Waals surface area (Å²) in [5.41, 5.74) is 4.17. The molecule has 3 aromatic rings. The molecule has 0 saturated heterocycles. The molecule has 1 aliphatic rings. The lowest BCUT2D eigenvalue weighted by molar-refractivity contribution is 0.0957. The molecule has 4 rings (SSSR count). The Kier molecular flexibility index (Phi) is 6.28. The van der Waals surface area contributed by atoms with Gasteiger partial charge in [0.05, 0.1) is 18.9 Å². The van der Waals surface area contributed by atoms with Gasteiger partial charge in [-0.3, -0.25) is 4.79 Å². The van der Waals surface area contributed by atoms with Crippen molar-refractivity contribution >= 4 is 29.0 Å². The van der Waals surface area contributed by atoms with Crippen molar-refractivity contribution in [3.05, 3.63) is 58.8 Å².